The number of aromatic nitrogens is 2. The standard InChI is InChI=1S/C13H19ClN4O2/c14-10-7-17-18(8-9-3-1-4-9)13(20)12(10)16-6-2-5-11(15)19/h7,9,16H,1-6,8H2,(H2,15,19). The van der Waals surface area contributed by atoms with E-state index in [9.17, 15) is 9.59 Å². The van der Waals surface area contributed by atoms with Crippen molar-refractivity contribution >= 4 is 23.2 Å². The van der Waals surface area contributed by atoms with E-state index in [-0.39, 0.29) is 17.9 Å². The number of hydrogen-bond donors (Lipinski definition) is 2. The second kappa shape index (κ2) is 6.74. The summed E-state index contributed by atoms with van der Waals surface area (Å²) >= 11 is 6.00. The first-order valence-electron chi connectivity index (χ1n) is 6.85. The number of anilines is 1. The smallest absolute Gasteiger partial charge is 0.291 e. The van der Waals surface area contributed by atoms with Gasteiger partial charge in [0.1, 0.15) is 5.69 Å². The molecule has 1 aromatic heterocycles. The molecule has 1 aliphatic rings. The number of halogens is 1. The van der Waals surface area contributed by atoms with Crippen molar-refractivity contribution in [1.29, 1.82) is 0 Å². The molecule has 6 nitrogen and oxygen atoms in total. The Morgan fingerprint density at radius 2 is 2.30 bits per heavy atom. The SMILES string of the molecule is NC(=O)CCCNc1c(Cl)cnn(CC2CCC2)c1=O. The van der Waals surface area contributed by atoms with E-state index < -0.39 is 0 Å². The summed E-state index contributed by atoms with van der Waals surface area (Å²) in [5, 5.41) is 7.35. The zero-order valence-electron chi connectivity index (χ0n) is 11.3. The first kappa shape index (κ1) is 14.8. The van der Waals surface area contributed by atoms with Crippen molar-refractivity contribution in [2.24, 2.45) is 11.7 Å². The Labute approximate surface area is 122 Å². The van der Waals surface area contributed by atoms with Crippen LogP contribution in [0.1, 0.15) is 32.1 Å². The predicted octanol–water partition coefficient (Wildman–Crippen LogP) is 1.37. The van der Waals surface area contributed by atoms with Gasteiger partial charge in [-0.15, -0.1) is 0 Å². The Bertz CT molecular complexity index is 540. The number of nitrogens with two attached hydrogens (primary N) is 1. The molecule has 0 aromatic carbocycles. The number of carbonyl (C=O) groups is 1. The number of nitrogens with zero attached hydrogens (tertiary/aromatic N) is 2. The Morgan fingerprint density at radius 1 is 1.55 bits per heavy atom. The lowest BCUT2D eigenvalue weighted by Gasteiger charge is -2.25. The molecule has 1 aliphatic carbocycles. The Kier molecular flexibility index (Phi) is 5.00. The van der Waals surface area contributed by atoms with Crippen LogP contribution in [0.5, 0.6) is 0 Å². The van der Waals surface area contributed by atoms with Crippen molar-refractivity contribution in [3.8, 4) is 0 Å². The molecule has 1 saturated carbocycles. The van der Waals surface area contributed by atoms with Crippen LogP contribution in [0.15, 0.2) is 11.0 Å². The lowest BCUT2D eigenvalue weighted by atomic mass is 9.85. The minimum Gasteiger partial charge on any atom is -0.379 e. The van der Waals surface area contributed by atoms with Crippen molar-refractivity contribution < 1.29 is 4.79 Å². The lowest BCUT2D eigenvalue weighted by Crippen LogP contribution is -2.31. The summed E-state index contributed by atoms with van der Waals surface area (Å²) in [5.74, 6) is 0.194. The summed E-state index contributed by atoms with van der Waals surface area (Å²) in [6, 6.07) is 0. The summed E-state index contributed by atoms with van der Waals surface area (Å²) < 4.78 is 1.46. The molecular formula is C13H19ClN4O2. The van der Waals surface area contributed by atoms with Crippen LogP contribution in [-0.2, 0) is 11.3 Å². The summed E-state index contributed by atoms with van der Waals surface area (Å²) in [7, 11) is 0. The molecular weight excluding hydrogens is 280 g/mol. The number of rotatable bonds is 7. The van der Waals surface area contributed by atoms with E-state index in [0.29, 0.717) is 36.1 Å². The highest BCUT2D eigenvalue weighted by atomic mass is 35.5. The molecule has 3 N–H and O–H groups in total. The third-order valence-corrected chi connectivity index (χ3v) is 3.84. The normalized spacial score (nSPS) is 14.8. The van der Waals surface area contributed by atoms with E-state index in [1.54, 1.807) is 0 Å². The molecule has 0 saturated heterocycles. The maximum Gasteiger partial charge on any atom is 0.291 e. The van der Waals surface area contributed by atoms with Gasteiger partial charge >= 0.3 is 0 Å². The van der Waals surface area contributed by atoms with Crippen molar-refractivity contribution in [2.45, 2.75) is 38.6 Å². The zero-order valence-corrected chi connectivity index (χ0v) is 12.0. The van der Waals surface area contributed by atoms with Crippen LogP contribution < -0.4 is 16.6 Å². The van der Waals surface area contributed by atoms with Gasteiger partial charge in [-0.3, -0.25) is 9.59 Å². The number of hydrogen-bond acceptors (Lipinski definition) is 4. The number of carbonyl (C=O) groups excluding carboxylic acids is 1. The van der Waals surface area contributed by atoms with Crippen molar-refractivity contribution in [3.05, 3.63) is 21.6 Å². The van der Waals surface area contributed by atoms with E-state index >= 15 is 0 Å². The molecule has 20 heavy (non-hydrogen) atoms. The fourth-order valence-corrected chi connectivity index (χ4v) is 2.35. The minimum atomic E-state index is -0.352. The van der Waals surface area contributed by atoms with Crippen LogP contribution in [0.25, 0.3) is 0 Å². The van der Waals surface area contributed by atoms with Gasteiger partial charge in [-0.05, 0) is 25.2 Å². The maximum atomic E-state index is 12.3. The monoisotopic (exact) mass is 298 g/mol. The highest BCUT2D eigenvalue weighted by Crippen LogP contribution is 2.27. The second-order valence-electron chi connectivity index (χ2n) is 5.15. The van der Waals surface area contributed by atoms with Gasteiger partial charge in [0.15, 0.2) is 0 Å². The molecule has 0 bridgehead atoms. The average molecular weight is 299 g/mol. The highest BCUT2D eigenvalue weighted by molar-refractivity contribution is 6.32. The molecule has 0 spiro atoms. The highest BCUT2D eigenvalue weighted by Gasteiger charge is 2.20. The maximum absolute atomic E-state index is 12.3. The number of amides is 1. The van der Waals surface area contributed by atoms with Crippen LogP contribution in [0.3, 0.4) is 0 Å². The fourth-order valence-electron chi connectivity index (χ4n) is 2.15. The molecule has 2 rings (SSSR count). The van der Waals surface area contributed by atoms with E-state index in [4.69, 9.17) is 17.3 Å². The van der Waals surface area contributed by atoms with Crippen molar-refractivity contribution in [3.63, 3.8) is 0 Å². The summed E-state index contributed by atoms with van der Waals surface area (Å²) in [6.45, 7) is 1.12. The van der Waals surface area contributed by atoms with Gasteiger partial charge in [0.05, 0.1) is 11.2 Å². The summed E-state index contributed by atoms with van der Waals surface area (Å²) in [5.41, 5.74) is 5.21. The van der Waals surface area contributed by atoms with E-state index in [2.05, 4.69) is 10.4 Å². The molecule has 0 aliphatic heterocycles. The fraction of sp³-hybridized carbons (Fsp3) is 0.615. The molecule has 1 aromatic rings. The zero-order chi connectivity index (χ0) is 14.5. The average Bonchev–Trinajstić information content (AvgIpc) is 2.34. The van der Waals surface area contributed by atoms with Gasteiger partial charge < -0.3 is 11.1 Å². The van der Waals surface area contributed by atoms with Crippen LogP contribution in [0.4, 0.5) is 5.69 Å². The van der Waals surface area contributed by atoms with Crippen molar-refractivity contribution in [2.75, 3.05) is 11.9 Å². The van der Waals surface area contributed by atoms with Gasteiger partial charge in [0.25, 0.3) is 5.56 Å². The topological polar surface area (TPSA) is 90.0 Å². The molecule has 1 fully saturated rings. The van der Waals surface area contributed by atoms with E-state index in [0.717, 1.165) is 12.8 Å². The minimum absolute atomic E-state index is 0.205. The predicted molar refractivity (Wildman–Crippen MR) is 77.8 cm³/mol. The Morgan fingerprint density at radius 3 is 2.90 bits per heavy atom. The van der Waals surface area contributed by atoms with Gasteiger partial charge in [-0.2, -0.15) is 5.10 Å². The molecule has 1 heterocycles. The third kappa shape index (κ3) is 3.72. The number of primary amides is 1. The van der Waals surface area contributed by atoms with E-state index in [1.165, 1.54) is 17.3 Å². The molecule has 0 atom stereocenters. The van der Waals surface area contributed by atoms with Crippen LogP contribution >= 0.6 is 11.6 Å². The van der Waals surface area contributed by atoms with Crippen molar-refractivity contribution in [1.82, 2.24) is 9.78 Å². The van der Waals surface area contributed by atoms with Crippen LogP contribution in [0, 0.1) is 5.92 Å². The largest absolute Gasteiger partial charge is 0.379 e. The molecule has 1 amide bonds. The quantitative estimate of drug-likeness (QED) is 0.744. The Hall–Kier alpha value is -1.56. The third-order valence-electron chi connectivity index (χ3n) is 3.56. The first-order valence-corrected chi connectivity index (χ1v) is 7.23. The van der Waals surface area contributed by atoms with Gasteiger partial charge in [0, 0.05) is 19.5 Å². The number of nitrogens with one attached hydrogen (secondary N) is 1. The van der Waals surface area contributed by atoms with Gasteiger partial charge in [-0.1, -0.05) is 18.0 Å². The van der Waals surface area contributed by atoms with Crippen LogP contribution in [0.2, 0.25) is 5.02 Å². The molecule has 0 unspecified atom stereocenters. The molecule has 0 radical (unpaired) electrons. The summed E-state index contributed by atoms with van der Waals surface area (Å²) in [4.78, 5) is 22.9. The van der Waals surface area contributed by atoms with Crippen LogP contribution in [-0.4, -0.2) is 22.2 Å². The summed E-state index contributed by atoms with van der Waals surface area (Å²) in [6.07, 6.45) is 5.86. The molecule has 7 heteroatoms. The lowest BCUT2D eigenvalue weighted by molar-refractivity contribution is -0.118. The second-order valence-corrected chi connectivity index (χ2v) is 5.56. The van der Waals surface area contributed by atoms with Gasteiger partial charge in [0.2, 0.25) is 5.91 Å². The first-order chi connectivity index (χ1) is 9.58. The van der Waals surface area contributed by atoms with E-state index in [1.807, 2.05) is 0 Å². The molecule has 110 valence electrons. The Balaban J connectivity index is 2.00. The van der Waals surface area contributed by atoms with Gasteiger partial charge in [-0.25, -0.2) is 4.68 Å².